The lowest BCUT2D eigenvalue weighted by Gasteiger charge is -2.31. The molecular weight excluding hydrogens is 436 g/mol. The molecule has 0 unspecified atom stereocenters. The molecule has 8 nitrogen and oxygen atoms in total. The second-order valence-electron chi connectivity index (χ2n) is 8.01. The molecule has 2 atom stereocenters. The monoisotopic (exact) mass is 462 g/mol. The second kappa shape index (κ2) is 10.7. The number of methoxy groups -OCH3 is 1. The molecular formula is C26H26N2O6. The maximum Gasteiger partial charge on any atom is 0.311 e. The number of ether oxygens (including phenoxy) is 2. The quantitative estimate of drug-likeness (QED) is 0.532. The second-order valence-corrected chi connectivity index (χ2v) is 8.01. The van der Waals surface area contributed by atoms with E-state index in [4.69, 9.17) is 13.9 Å². The third-order valence-corrected chi connectivity index (χ3v) is 5.71. The van der Waals surface area contributed by atoms with Crippen molar-refractivity contribution < 1.29 is 28.3 Å². The van der Waals surface area contributed by atoms with Crippen molar-refractivity contribution in [1.29, 1.82) is 0 Å². The van der Waals surface area contributed by atoms with Crippen LogP contribution in [0.1, 0.15) is 35.1 Å². The summed E-state index contributed by atoms with van der Waals surface area (Å²) in [5.41, 5.74) is 1.11. The zero-order chi connectivity index (χ0) is 23.9. The fourth-order valence-corrected chi connectivity index (χ4v) is 3.91. The summed E-state index contributed by atoms with van der Waals surface area (Å²) in [6.45, 7) is 0.739. The van der Waals surface area contributed by atoms with E-state index < -0.39 is 23.9 Å². The first-order chi connectivity index (χ1) is 16.5. The normalized spacial score (nSPS) is 16.4. The number of likely N-dealkylation sites (tertiary alicyclic amines) is 1. The van der Waals surface area contributed by atoms with Crippen molar-refractivity contribution in [3.05, 3.63) is 84.3 Å². The molecule has 4 rings (SSSR count). The predicted molar refractivity (Wildman–Crippen MR) is 124 cm³/mol. The first kappa shape index (κ1) is 23.1. The van der Waals surface area contributed by atoms with Gasteiger partial charge >= 0.3 is 5.97 Å². The van der Waals surface area contributed by atoms with Gasteiger partial charge in [0.05, 0.1) is 19.3 Å². The number of benzene rings is 2. The molecule has 0 spiro atoms. The molecule has 0 aliphatic carbocycles. The van der Waals surface area contributed by atoms with Crippen molar-refractivity contribution in [2.75, 3.05) is 25.5 Å². The number of carbonyl (C=O) groups is 3. The number of nitrogens with one attached hydrogen (secondary N) is 1. The van der Waals surface area contributed by atoms with Gasteiger partial charge in [0.1, 0.15) is 5.75 Å². The number of esters is 1. The van der Waals surface area contributed by atoms with Gasteiger partial charge < -0.3 is 24.1 Å². The molecule has 1 fully saturated rings. The first-order valence-corrected chi connectivity index (χ1v) is 11.1. The van der Waals surface area contributed by atoms with Gasteiger partial charge in [-0.15, -0.1) is 0 Å². The van der Waals surface area contributed by atoms with Crippen LogP contribution in [0.5, 0.6) is 5.75 Å². The number of piperidine rings is 1. The van der Waals surface area contributed by atoms with Crippen molar-refractivity contribution in [1.82, 2.24) is 4.90 Å². The lowest BCUT2D eigenvalue weighted by Crippen LogP contribution is -2.43. The summed E-state index contributed by atoms with van der Waals surface area (Å²) in [6.07, 6.45) is 1.53. The van der Waals surface area contributed by atoms with Crippen LogP contribution in [0.25, 0.3) is 0 Å². The average molecular weight is 463 g/mol. The lowest BCUT2D eigenvalue weighted by atomic mass is 9.97. The van der Waals surface area contributed by atoms with Crippen molar-refractivity contribution in [3.8, 4) is 5.75 Å². The summed E-state index contributed by atoms with van der Waals surface area (Å²) in [5, 5.41) is 2.80. The molecule has 34 heavy (non-hydrogen) atoms. The summed E-state index contributed by atoms with van der Waals surface area (Å²) in [5.74, 6) is -0.892. The lowest BCUT2D eigenvalue weighted by molar-refractivity contribution is -0.160. The van der Waals surface area contributed by atoms with E-state index in [0.29, 0.717) is 36.4 Å². The molecule has 2 heterocycles. The SMILES string of the molecule is COc1ccc(NC(=O)[C@H](OC(=O)[C@@H]2CCCN(C(=O)c3ccco3)C2)c2ccccc2)cc1. The highest BCUT2D eigenvalue weighted by Crippen LogP contribution is 2.26. The van der Waals surface area contributed by atoms with Crippen molar-refractivity contribution >= 4 is 23.5 Å². The Kier molecular flexibility index (Phi) is 7.27. The summed E-state index contributed by atoms with van der Waals surface area (Å²) < 4.78 is 16.1. The van der Waals surface area contributed by atoms with Crippen LogP contribution in [-0.2, 0) is 14.3 Å². The predicted octanol–water partition coefficient (Wildman–Crippen LogP) is 4.06. The number of amides is 2. The summed E-state index contributed by atoms with van der Waals surface area (Å²) in [7, 11) is 1.56. The van der Waals surface area contributed by atoms with Crippen LogP contribution < -0.4 is 10.1 Å². The smallest absolute Gasteiger partial charge is 0.311 e. The third-order valence-electron chi connectivity index (χ3n) is 5.71. The van der Waals surface area contributed by atoms with Crippen molar-refractivity contribution in [2.24, 2.45) is 5.92 Å². The van der Waals surface area contributed by atoms with Gasteiger partial charge in [0.25, 0.3) is 11.8 Å². The molecule has 2 aromatic carbocycles. The minimum Gasteiger partial charge on any atom is -0.497 e. The van der Waals surface area contributed by atoms with Gasteiger partial charge in [-0.2, -0.15) is 0 Å². The number of rotatable bonds is 7. The third kappa shape index (κ3) is 5.46. The van der Waals surface area contributed by atoms with Crippen LogP contribution in [0.4, 0.5) is 5.69 Å². The molecule has 176 valence electrons. The molecule has 1 aromatic heterocycles. The van der Waals surface area contributed by atoms with Gasteiger partial charge in [0.2, 0.25) is 6.10 Å². The van der Waals surface area contributed by atoms with E-state index in [9.17, 15) is 14.4 Å². The number of carbonyl (C=O) groups excluding carboxylic acids is 3. The number of hydrogen-bond acceptors (Lipinski definition) is 6. The van der Waals surface area contributed by atoms with Crippen LogP contribution in [0.2, 0.25) is 0 Å². The highest BCUT2D eigenvalue weighted by Gasteiger charge is 2.34. The summed E-state index contributed by atoms with van der Waals surface area (Å²) in [4.78, 5) is 40.4. The minimum atomic E-state index is -1.13. The molecule has 2 amide bonds. The number of hydrogen-bond donors (Lipinski definition) is 1. The Morgan fingerprint density at radius 2 is 1.79 bits per heavy atom. The fourth-order valence-electron chi connectivity index (χ4n) is 3.91. The highest BCUT2D eigenvalue weighted by molar-refractivity contribution is 5.96. The number of nitrogens with zero attached hydrogens (tertiary/aromatic N) is 1. The van der Waals surface area contributed by atoms with Gasteiger partial charge in [-0.25, -0.2) is 0 Å². The van der Waals surface area contributed by atoms with Gasteiger partial charge in [-0.05, 0) is 49.2 Å². The van der Waals surface area contributed by atoms with E-state index in [0.717, 1.165) is 0 Å². The Hall–Kier alpha value is -4.07. The average Bonchev–Trinajstić information content (AvgIpc) is 3.43. The van der Waals surface area contributed by atoms with Crippen LogP contribution in [0, 0.1) is 5.92 Å². The van der Waals surface area contributed by atoms with Gasteiger partial charge in [0, 0.05) is 24.3 Å². The number of anilines is 1. The van der Waals surface area contributed by atoms with Gasteiger partial charge in [-0.1, -0.05) is 30.3 Å². The van der Waals surface area contributed by atoms with Crippen LogP contribution >= 0.6 is 0 Å². The standard InChI is InChI=1S/C26H26N2O6/c1-32-21-13-11-20(12-14-21)27-24(29)23(18-7-3-2-4-8-18)34-26(31)19-9-5-15-28(17-19)25(30)22-10-6-16-33-22/h2-4,6-8,10-14,16,19,23H,5,9,15,17H2,1H3,(H,27,29)/t19-,23-/m1/s1. The van der Waals surface area contributed by atoms with E-state index in [1.165, 1.54) is 6.26 Å². The molecule has 3 aromatic rings. The molecule has 0 bridgehead atoms. The molecule has 1 aliphatic heterocycles. The van der Waals surface area contributed by atoms with Crippen molar-refractivity contribution in [2.45, 2.75) is 18.9 Å². The first-order valence-electron chi connectivity index (χ1n) is 11.1. The zero-order valence-electron chi connectivity index (χ0n) is 18.8. The van der Waals surface area contributed by atoms with Crippen molar-refractivity contribution in [3.63, 3.8) is 0 Å². The molecule has 0 radical (unpaired) electrons. The Balaban J connectivity index is 1.46. The van der Waals surface area contributed by atoms with E-state index in [-0.39, 0.29) is 18.2 Å². The van der Waals surface area contributed by atoms with Gasteiger partial charge in [0.15, 0.2) is 5.76 Å². The van der Waals surface area contributed by atoms with E-state index in [1.807, 2.05) is 6.07 Å². The maximum absolute atomic E-state index is 13.1. The van der Waals surface area contributed by atoms with E-state index in [2.05, 4.69) is 5.32 Å². The number of furan rings is 1. The van der Waals surface area contributed by atoms with E-state index >= 15 is 0 Å². The highest BCUT2D eigenvalue weighted by atomic mass is 16.5. The zero-order valence-corrected chi connectivity index (χ0v) is 18.8. The molecule has 1 aliphatic rings. The van der Waals surface area contributed by atoms with Gasteiger partial charge in [-0.3, -0.25) is 14.4 Å². The maximum atomic E-state index is 13.1. The van der Waals surface area contributed by atoms with Crippen LogP contribution in [-0.4, -0.2) is 42.9 Å². The topological polar surface area (TPSA) is 98.1 Å². The molecule has 1 saturated heterocycles. The summed E-state index contributed by atoms with van der Waals surface area (Å²) >= 11 is 0. The Bertz CT molecular complexity index is 1110. The van der Waals surface area contributed by atoms with Crippen LogP contribution in [0.15, 0.2) is 77.4 Å². The molecule has 1 N–H and O–H groups in total. The minimum absolute atomic E-state index is 0.208. The van der Waals surface area contributed by atoms with Crippen LogP contribution in [0.3, 0.4) is 0 Å². The largest absolute Gasteiger partial charge is 0.497 e. The molecule has 8 heteroatoms. The molecule has 0 saturated carbocycles. The Labute approximate surface area is 197 Å². The fraction of sp³-hybridized carbons (Fsp3) is 0.269. The van der Waals surface area contributed by atoms with E-state index in [1.54, 1.807) is 72.7 Å². The summed E-state index contributed by atoms with van der Waals surface area (Å²) in [6, 6.07) is 19.0. The Morgan fingerprint density at radius 1 is 1.03 bits per heavy atom. The Morgan fingerprint density at radius 3 is 2.47 bits per heavy atom.